The molecule has 106 valence electrons. The average molecular weight is 263 g/mol. The van der Waals surface area contributed by atoms with E-state index in [1.165, 1.54) is 6.21 Å². The molecule has 0 aromatic heterocycles. The van der Waals surface area contributed by atoms with Crippen molar-refractivity contribution < 1.29 is 4.79 Å². The standard InChI is InChI=1S/C13H19N3O.C2H6/c1-4-6-11-12(10(5-2)9-14)15-7-8-16(3)13(11)17;1-2/h4-6,9,14-15H,7-8H2,1-3H3;1-2H3/b6-4-,10-5-,14-9?;. The Hall–Kier alpha value is -1.84. The Bertz CT molecular complexity index is 406. The van der Waals surface area contributed by atoms with E-state index in [1.54, 1.807) is 18.0 Å². The van der Waals surface area contributed by atoms with E-state index in [1.807, 2.05) is 39.8 Å². The number of carbonyl (C=O) groups excluding carboxylic acids is 1. The first kappa shape index (κ1) is 17.2. The number of allylic oxidation sites excluding steroid dienone is 3. The second-order valence-electron chi connectivity index (χ2n) is 3.83. The Morgan fingerprint density at radius 1 is 1.37 bits per heavy atom. The molecule has 0 saturated carbocycles. The fourth-order valence-corrected chi connectivity index (χ4v) is 1.74. The number of hydrogen-bond acceptors (Lipinski definition) is 3. The zero-order chi connectivity index (χ0) is 14.8. The van der Waals surface area contributed by atoms with Gasteiger partial charge in [-0.15, -0.1) is 0 Å². The normalized spacial score (nSPS) is 16.8. The van der Waals surface area contributed by atoms with Gasteiger partial charge in [-0.3, -0.25) is 4.79 Å². The summed E-state index contributed by atoms with van der Waals surface area (Å²) in [4.78, 5) is 13.8. The first-order chi connectivity index (χ1) is 9.15. The van der Waals surface area contributed by atoms with Gasteiger partial charge in [0.25, 0.3) is 5.91 Å². The molecule has 0 aliphatic carbocycles. The summed E-state index contributed by atoms with van der Waals surface area (Å²) in [6.07, 6.45) is 6.73. The summed E-state index contributed by atoms with van der Waals surface area (Å²) in [7, 11) is 1.79. The minimum absolute atomic E-state index is 0.00991. The summed E-state index contributed by atoms with van der Waals surface area (Å²) >= 11 is 0. The second-order valence-corrected chi connectivity index (χ2v) is 3.83. The molecule has 1 aliphatic heterocycles. The van der Waals surface area contributed by atoms with Gasteiger partial charge >= 0.3 is 0 Å². The highest BCUT2D eigenvalue weighted by atomic mass is 16.2. The maximum Gasteiger partial charge on any atom is 0.255 e. The molecule has 1 rings (SSSR count). The van der Waals surface area contributed by atoms with Crippen molar-refractivity contribution in [2.24, 2.45) is 0 Å². The molecule has 0 radical (unpaired) electrons. The van der Waals surface area contributed by atoms with Gasteiger partial charge in [0.2, 0.25) is 0 Å². The third kappa shape index (κ3) is 4.39. The Balaban J connectivity index is 0.00000154. The SMILES string of the molecule is C/C=C\C1=C(C(/C=N)=C\C)NCCN(C)C1=O.CC. The van der Waals surface area contributed by atoms with Crippen molar-refractivity contribution in [3.05, 3.63) is 35.1 Å². The van der Waals surface area contributed by atoms with Crippen molar-refractivity contribution in [1.29, 1.82) is 5.41 Å². The van der Waals surface area contributed by atoms with Crippen LogP contribution in [0.15, 0.2) is 35.1 Å². The predicted molar refractivity (Wildman–Crippen MR) is 81.4 cm³/mol. The largest absolute Gasteiger partial charge is 0.382 e. The zero-order valence-electron chi connectivity index (χ0n) is 12.6. The van der Waals surface area contributed by atoms with Gasteiger partial charge in [-0.05, 0) is 13.8 Å². The van der Waals surface area contributed by atoms with Gasteiger partial charge in [0.05, 0.1) is 11.3 Å². The lowest BCUT2D eigenvalue weighted by Crippen LogP contribution is -2.29. The Kier molecular flexibility index (Phi) is 8.25. The third-order valence-electron chi connectivity index (χ3n) is 2.68. The van der Waals surface area contributed by atoms with Crippen molar-refractivity contribution in [3.63, 3.8) is 0 Å². The molecule has 0 bridgehead atoms. The van der Waals surface area contributed by atoms with Crippen LogP contribution >= 0.6 is 0 Å². The maximum atomic E-state index is 12.2. The van der Waals surface area contributed by atoms with E-state index in [-0.39, 0.29) is 5.91 Å². The molecule has 2 N–H and O–H groups in total. The van der Waals surface area contributed by atoms with Gasteiger partial charge < -0.3 is 15.6 Å². The minimum Gasteiger partial charge on any atom is -0.382 e. The van der Waals surface area contributed by atoms with Gasteiger partial charge in [-0.1, -0.05) is 32.1 Å². The second kappa shape index (κ2) is 9.14. The molecule has 0 saturated heterocycles. The molecule has 0 unspecified atom stereocenters. The molecular formula is C15H25N3O. The molecular weight excluding hydrogens is 238 g/mol. The number of nitrogens with zero attached hydrogens (tertiary/aromatic N) is 1. The van der Waals surface area contributed by atoms with Crippen LogP contribution in [0.25, 0.3) is 0 Å². The van der Waals surface area contributed by atoms with Crippen LogP contribution in [0.4, 0.5) is 0 Å². The van der Waals surface area contributed by atoms with Crippen LogP contribution in [0.5, 0.6) is 0 Å². The summed E-state index contributed by atoms with van der Waals surface area (Å²) in [5.41, 5.74) is 2.10. The quantitative estimate of drug-likeness (QED) is 0.769. The number of rotatable bonds is 3. The molecule has 19 heavy (non-hydrogen) atoms. The van der Waals surface area contributed by atoms with Crippen molar-refractivity contribution >= 4 is 12.1 Å². The van der Waals surface area contributed by atoms with E-state index in [9.17, 15) is 4.79 Å². The first-order valence-corrected chi connectivity index (χ1v) is 6.69. The Morgan fingerprint density at radius 3 is 2.47 bits per heavy atom. The molecule has 0 aromatic carbocycles. The van der Waals surface area contributed by atoms with Gasteiger partial charge in [-0.2, -0.15) is 0 Å². The summed E-state index contributed by atoms with van der Waals surface area (Å²) in [5.74, 6) is -0.00991. The van der Waals surface area contributed by atoms with Gasteiger partial charge in [0, 0.05) is 31.9 Å². The van der Waals surface area contributed by atoms with E-state index in [4.69, 9.17) is 5.41 Å². The zero-order valence-corrected chi connectivity index (χ0v) is 12.6. The summed E-state index contributed by atoms with van der Waals surface area (Å²) in [5, 5.41) is 10.6. The van der Waals surface area contributed by atoms with Crippen LogP contribution in [0.1, 0.15) is 27.7 Å². The van der Waals surface area contributed by atoms with Crippen molar-refractivity contribution in [1.82, 2.24) is 10.2 Å². The lowest BCUT2D eigenvalue weighted by Gasteiger charge is -2.14. The van der Waals surface area contributed by atoms with E-state index in [2.05, 4.69) is 5.32 Å². The molecule has 0 fully saturated rings. The summed E-state index contributed by atoms with van der Waals surface area (Å²) in [6, 6.07) is 0. The van der Waals surface area contributed by atoms with Gasteiger partial charge in [0.1, 0.15) is 0 Å². The summed E-state index contributed by atoms with van der Waals surface area (Å²) in [6.45, 7) is 9.10. The Labute approximate surface area is 116 Å². The van der Waals surface area contributed by atoms with E-state index in [0.717, 1.165) is 11.3 Å². The van der Waals surface area contributed by atoms with Crippen LogP contribution in [-0.4, -0.2) is 37.2 Å². The molecule has 1 aliphatic rings. The molecule has 4 nitrogen and oxygen atoms in total. The maximum absolute atomic E-state index is 12.2. The fourth-order valence-electron chi connectivity index (χ4n) is 1.74. The van der Waals surface area contributed by atoms with Crippen LogP contribution in [0.2, 0.25) is 0 Å². The fraction of sp³-hybridized carbons (Fsp3) is 0.467. The monoisotopic (exact) mass is 263 g/mol. The predicted octanol–water partition coefficient (Wildman–Crippen LogP) is 2.50. The van der Waals surface area contributed by atoms with Crippen LogP contribution in [0, 0.1) is 5.41 Å². The first-order valence-electron chi connectivity index (χ1n) is 6.69. The lowest BCUT2D eigenvalue weighted by molar-refractivity contribution is -0.125. The van der Waals surface area contributed by atoms with E-state index < -0.39 is 0 Å². The third-order valence-corrected chi connectivity index (χ3v) is 2.68. The highest BCUT2D eigenvalue weighted by Gasteiger charge is 2.21. The minimum atomic E-state index is -0.00991. The number of likely N-dealkylation sites (N-methyl/N-ethyl adjacent to an activating group) is 1. The highest BCUT2D eigenvalue weighted by molar-refractivity contribution is 6.00. The number of nitrogens with one attached hydrogen (secondary N) is 2. The van der Waals surface area contributed by atoms with Crippen LogP contribution in [-0.2, 0) is 4.79 Å². The van der Waals surface area contributed by atoms with Crippen molar-refractivity contribution in [2.45, 2.75) is 27.7 Å². The van der Waals surface area contributed by atoms with Crippen LogP contribution in [0.3, 0.4) is 0 Å². The smallest absolute Gasteiger partial charge is 0.255 e. The van der Waals surface area contributed by atoms with Crippen LogP contribution < -0.4 is 5.32 Å². The molecule has 0 aromatic rings. The molecule has 0 atom stereocenters. The van der Waals surface area contributed by atoms with Gasteiger partial charge in [0.15, 0.2) is 0 Å². The average Bonchev–Trinajstić information content (AvgIpc) is 2.57. The number of carbonyl (C=O) groups is 1. The number of hydrogen-bond donors (Lipinski definition) is 2. The lowest BCUT2D eigenvalue weighted by atomic mass is 10.1. The Morgan fingerprint density at radius 2 is 2.00 bits per heavy atom. The van der Waals surface area contributed by atoms with Crippen molar-refractivity contribution in [3.8, 4) is 0 Å². The van der Waals surface area contributed by atoms with E-state index in [0.29, 0.717) is 18.7 Å². The molecule has 4 heteroatoms. The number of amides is 1. The summed E-state index contributed by atoms with van der Waals surface area (Å²) < 4.78 is 0. The van der Waals surface area contributed by atoms with E-state index >= 15 is 0 Å². The molecule has 1 heterocycles. The van der Waals surface area contributed by atoms with Crippen molar-refractivity contribution in [2.75, 3.05) is 20.1 Å². The molecule has 0 spiro atoms. The molecule has 1 amide bonds. The highest BCUT2D eigenvalue weighted by Crippen LogP contribution is 2.16. The topological polar surface area (TPSA) is 56.2 Å². The van der Waals surface area contributed by atoms with Gasteiger partial charge in [-0.25, -0.2) is 0 Å².